The zero-order chi connectivity index (χ0) is 53.4. The van der Waals surface area contributed by atoms with E-state index in [9.17, 15) is 43.1 Å². The molecular weight excluding hydrogens is 1030 g/mol. The number of hydrogen-bond acceptors (Lipinski definition) is 16. The van der Waals surface area contributed by atoms with Crippen LogP contribution in [0.25, 0.3) is 16.6 Å². The summed E-state index contributed by atoms with van der Waals surface area (Å²) in [4.78, 5) is 78.7. The lowest BCUT2D eigenvalue weighted by Crippen LogP contribution is -2.39. The minimum Gasteiger partial charge on any atom is -0.756 e. The summed E-state index contributed by atoms with van der Waals surface area (Å²) in [5.74, 6) is 6.99. The number of nitrogens with two attached hydrogens (primary N) is 1. The number of phosphoric acid groups is 3. The second-order valence-electron chi connectivity index (χ2n) is 18.5. The van der Waals surface area contributed by atoms with Gasteiger partial charge in [-0.3, -0.25) is 18.7 Å². The Morgan fingerprint density at radius 2 is 1.80 bits per heavy atom. The van der Waals surface area contributed by atoms with Crippen LogP contribution < -0.4 is 40.7 Å². The summed E-state index contributed by atoms with van der Waals surface area (Å²) in [5, 5.41) is 16.0. The minimum atomic E-state index is -5.85. The molecule has 4 aliphatic rings. The predicted octanol–water partition coefficient (Wildman–Crippen LogP) is 2.98. The van der Waals surface area contributed by atoms with E-state index in [1.165, 1.54) is 39.3 Å². The lowest BCUT2D eigenvalue weighted by Gasteiger charge is -2.33. The van der Waals surface area contributed by atoms with Crippen molar-refractivity contribution in [2.45, 2.75) is 77.2 Å². The number of aliphatic hydroxyl groups is 1. The highest BCUT2D eigenvalue weighted by atomic mass is 31.3. The van der Waals surface area contributed by atoms with E-state index in [4.69, 9.17) is 20.1 Å². The van der Waals surface area contributed by atoms with Crippen LogP contribution >= 0.6 is 23.5 Å². The maximum absolute atomic E-state index is 14.5. The van der Waals surface area contributed by atoms with Crippen molar-refractivity contribution in [3.05, 3.63) is 105 Å². The number of benzene rings is 3. The molecule has 6 atom stereocenters. The first kappa shape index (κ1) is 54.0. The fourth-order valence-corrected chi connectivity index (χ4v) is 13.1. The number of phosphoric ester groups is 1. The summed E-state index contributed by atoms with van der Waals surface area (Å²) < 4.78 is 63.3. The molecule has 0 spiro atoms. The van der Waals surface area contributed by atoms with E-state index in [0.29, 0.717) is 29.5 Å². The molecule has 6 heterocycles. The number of aromatic nitrogens is 3. The zero-order valence-electron chi connectivity index (χ0n) is 41.3. The number of aryl methyl sites for hydroxylation is 2. The number of anilines is 2. The summed E-state index contributed by atoms with van der Waals surface area (Å²) in [6.07, 6.45) is 3.47. The molecule has 9 rings (SSSR count). The molecule has 7 N–H and O–H groups in total. The molecule has 0 saturated carbocycles. The summed E-state index contributed by atoms with van der Waals surface area (Å²) in [5.41, 5.74) is 13.8. The van der Waals surface area contributed by atoms with E-state index in [1.54, 1.807) is 11.9 Å². The molecular formula is C49H57N8O15P3. The maximum Gasteiger partial charge on any atom is 0.487 e. The van der Waals surface area contributed by atoms with E-state index in [0.717, 1.165) is 85.3 Å². The quantitative estimate of drug-likeness (QED) is 0.0434. The van der Waals surface area contributed by atoms with Crippen molar-refractivity contribution in [3.63, 3.8) is 0 Å². The number of nitrogens with one attached hydrogen (secondary N) is 1. The number of amides is 2. The largest absolute Gasteiger partial charge is 0.756 e. The molecule has 4 aliphatic heterocycles. The number of carbonyl (C=O) groups is 2. The number of hydrogen-bond donors (Lipinski definition) is 6. The second-order valence-corrected chi connectivity index (χ2v) is 22.8. The van der Waals surface area contributed by atoms with Crippen LogP contribution in [0.4, 0.5) is 11.5 Å². The number of carbonyl (C=O) groups excluding carboxylic acids is 2. The number of rotatable bonds is 17. The second kappa shape index (κ2) is 22.0. The van der Waals surface area contributed by atoms with E-state index in [1.807, 2.05) is 24.3 Å². The first-order chi connectivity index (χ1) is 35.7. The SMILES string of the molecule is CCN1CCCc2cc3c(cc21)Oc1cc2c(cc1=C3c1ccccc1C(=O)N(C)CCCC(=O)NCC#Cc1cn([C@H]3C[C@H](O)[C@@H](COP(=O)(O)OP(=O)(O)OP(=O)([O-])O)O3)c3ncnc(N)c13)CCC[N+]=2CC. The molecule has 26 heteroatoms. The van der Waals surface area contributed by atoms with Crippen molar-refractivity contribution in [3.8, 4) is 23.3 Å². The lowest BCUT2D eigenvalue weighted by atomic mass is 9.86. The van der Waals surface area contributed by atoms with Gasteiger partial charge in [0.1, 0.15) is 54.7 Å². The minimum absolute atomic E-state index is 0.0519. The van der Waals surface area contributed by atoms with Gasteiger partial charge < -0.3 is 59.6 Å². The van der Waals surface area contributed by atoms with Crippen molar-refractivity contribution < 1.29 is 70.6 Å². The summed E-state index contributed by atoms with van der Waals surface area (Å²) in [6, 6.07) is 16.6. The van der Waals surface area contributed by atoms with Crippen molar-refractivity contribution in [2.24, 2.45) is 0 Å². The van der Waals surface area contributed by atoms with Crippen LogP contribution in [0.1, 0.15) is 90.4 Å². The molecule has 0 bridgehead atoms. The van der Waals surface area contributed by atoms with E-state index >= 15 is 0 Å². The Morgan fingerprint density at radius 3 is 2.57 bits per heavy atom. The first-order valence-electron chi connectivity index (χ1n) is 24.4. The van der Waals surface area contributed by atoms with E-state index in [-0.39, 0.29) is 42.7 Å². The van der Waals surface area contributed by atoms with Gasteiger partial charge in [0, 0.05) is 91.4 Å². The number of fused-ring (bicyclic) bond motifs is 5. The van der Waals surface area contributed by atoms with Gasteiger partial charge in [0.25, 0.3) is 13.7 Å². The van der Waals surface area contributed by atoms with Gasteiger partial charge in [0.05, 0.1) is 36.3 Å². The predicted molar refractivity (Wildman–Crippen MR) is 272 cm³/mol. The third-order valence-electron chi connectivity index (χ3n) is 13.5. The average molecular weight is 1090 g/mol. The Kier molecular flexibility index (Phi) is 15.9. The molecule has 0 aliphatic carbocycles. The van der Waals surface area contributed by atoms with Crippen LogP contribution in [0, 0.1) is 11.8 Å². The summed E-state index contributed by atoms with van der Waals surface area (Å²) in [6.45, 7) is 7.44. The highest BCUT2D eigenvalue weighted by Gasteiger charge is 2.42. The fraction of sp³-hybridized carbons (Fsp3) is 0.408. The molecule has 23 nitrogen and oxygen atoms in total. The van der Waals surface area contributed by atoms with Crippen molar-refractivity contribution >= 4 is 63.4 Å². The lowest BCUT2D eigenvalue weighted by molar-refractivity contribution is -0.212. The van der Waals surface area contributed by atoms with Crippen LogP contribution in [-0.2, 0) is 49.2 Å². The summed E-state index contributed by atoms with van der Waals surface area (Å²) in [7, 11) is -15.4. The topological polar surface area (TPSA) is 314 Å². The average Bonchev–Trinajstić information content (AvgIpc) is 3.93. The monoisotopic (exact) mass is 1090 g/mol. The van der Waals surface area contributed by atoms with Crippen LogP contribution in [0.5, 0.6) is 11.5 Å². The van der Waals surface area contributed by atoms with Gasteiger partial charge in [-0.25, -0.2) is 28.0 Å². The molecule has 1 saturated heterocycles. The standard InChI is InChI=1S/C49H57N8O15P3/c1-4-55-20-9-13-30-22-35-40(24-37(30)55)69-41-25-38-31(14-10-21-56(38)5-2)23-36(41)46(35)33-15-6-7-16-34(33)49(60)54(3)19-11-17-43(59)51-18-8-12-32-27-57(48-45(32)47(50)52-29-53-48)44-26-39(58)42(70-44)28-68-74(64,65)72-75(66,67)71-73(61,62)63/h6-7,15-16,22-25,27,29,39,42,44,58H,4-5,9-11,13-14,17-21,26,28H2,1-3H3,(H6-,50,51,52,53,59,61,62,63,64,65,66,67)/t39-,42+,44+/m0/s1. The van der Waals surface area contributed by atoms with Crippen LogP contribution in [0.2, 0.25) is 0 Å². The Labute approximate surface area is 431 Å². The molecule has 3 unspecified atom stereocenters. The van der Waals surface area contributed by atoms with Crippen LogP contribution in [0.15, 0.2) is 61.1 Å². The molecule has 3 aromatic carbocycles. The molecule has 1 fully saturated rings. The number of ether oxygens (including phenoxy) is 2. The highest BCUT2D eigenvalue weighted by Crippen LogP contribution is 2.65. The van der Waals surface area contributed by atoms with Gasteiger partial charge in [-0.05, 0) is 68.9 Å². The van der Waals surface area contributed by atoms with Gasteiger partial charge in [0.15, 0.2) is 0 Å². The molecule has 2 aromatic heterocycles. The van der Waals surface area contributed by atoms with Gasteiger partial charge >= 0.3 is 15.6 Å². The van der Waals surface area contributed by atoms with Crippen molar-refractivity contribution in [1.82, 2.24) is 29.3 Å². The van der Waals surface area contributed by atoms with Gasteiger partial charge in [-0.2, -0.15) is 4.31 Å². The Bertz CT molecular complexity index is 3430. The highest BCUT2D eigenvalue weighted by molar-refractivity contribution is 7.66. The number of nitrogens with zero attached hydrogens (tertiary/aromatic N) is 6. The van der Waals surface area contributed by atoms with E-state index in [2.05, 4.69) is 87.9 Å². The Balaban J connectivity index is 0.853. The normalized spacial score (nSPS) is 20.3. The fourth-order valence-electron chi connectivity index (χ4n) is 10.1. The van der Waals surface area contributed by atoms with Gasteiger partial charge in [0.2, 0.25) is 11.3 Å². The number of nitrogen functional groups attached to an aromatic ring is 1. The molecule has 2 amide bonds. The third-order valence-corrected chi connectivity index (χ3v) is 17.3. The number of aliphatic hydroxyl groups excluding tert-OH is 1. The molecule has 0 radical (unpaired) electrons. The summed E-state index contributed by atoms with van der Waals surface area (Å²) >= 11 is 0. The Morgan fingerprint density at radius 1 is 1.01 bits per heavy atom. The Hall–Kier alpha value is -5.82. The molecule has 5 aromatic rings. The van der Waals surface area contributed by atoms with Gasteiger partial charge in [-0.1, -0.05) is 30.0 Å². The smallest absolute Gasteiger partial charge is 0.487 e. The molecule has 75 heavy (non-hydrogen) atoms. The zero-order valence-corrected chi connectivity index (χ0v) is 44.0. The van der Waals surface area contributed by atoms with Crippen LogP contribution in [-0.4, -0.2) is 116 Å². The van der Waals surface area contributed by atoms with Crippen molar-refractivity contribution in [2.75, 3.05) is 63.6 Å². The molecule has 398 valence electrons. The van der Waals surface area contributed by atoms with E-state index < -0.39 is 48.5 Å². The maximum atomic E-state index is 14.5. The third kappa shape index (κ3) is 11.9. The van der Waals surface area contributed by atoms with Crippen molar-refractivity contribution in [1.29, 1.82) is 0 Å². The van der Waals surface area contributed by atoms with Gasteiger partial charge in [-0.15, -0.1) is 0 Å². The first-order valence-corrected chi connectivity index (χ1v) is 28.9. The van der Waals surface area contributed by atoms with Crippen LogP contribution in [0.3, 0.4) is 0 Å².